The van der Waals surface area contributed by atoms with E-state index in [-0.39, 0.29) is 0 Å². The number of hydrogen-bond acceptors (Lipinski definition) is 0. The molecule has 0 N–H and O–H groups in total. The number of rotatable bonds is 3. The molecule has 2 atom stereocenters. The minimum atomic E-state index is 0.473. The van der Waals surface area contributed by atoms with Crippen LogP contribution in [0.25, 0.3) is 0 Å². The zero-order valence-electron chi connectivity index (χ0n) is 7.65. The first-order chi connectivity index (χ1) is 5.01. The smallest absolute Gasteiger partial charge is 0.0226 e. The quantitative estimate of drug-likeness (QED) is 0.452. The summed E-state index contributed by atoms with van der Waals surface area (Å²) in [5.41, 5.74) is 1.80. The predicted octanol–water partition coefficient (Wildman–Crippen LogP) is 3.46. The average Bonchev–Trinajstić information content (AvgIpc) is 2.35. The van der Waals surface area contributed by atoms with Gasteiger partial charge in [-0.3, -0.25) is 0 Å². The standard InChI is InChI=1S/C10H17Cl/c1-7(2)9-8(5-6-11)10(9,3)4/h8-9H,1,5-6H2,2-4H3. The third-order valence-corrected chi connectivity index (χ3v) is 3.22. The maximum Gasteiger partial charge on any atom is 0.0226 e. The van der Waals surface area contributed by atoms with Crippen molar-refractivity contribution in [1.82, 2.24) is 0 Å². The predicted molar refractivity (Wildman–Crippen MR) is 50.9 cm³/mol. The monoisotopic (exact) mass is 172 g/mol. The molecule has 64 valence electrons. The van der Waals surface area contributed by atoms with Gasteiger partial charge in [0.15, 0.2) is 0 Å². The molecule has 0 aromatic rings. The maximum absolute atomic E-state index is 5.70. The van der Waals surface area contributed by atoms with Crippen LogP contribution in [0.2, 0.25) is 0 Å². The molecular weight excluding hydrogens is 156 g/mol. The molecule has 1 aliphatic carbocycles. The van der Waals surface area contributed by atoms with E-state index in [1.165, 1.54) is 5.57 Å². The van der Waals surface area contributed by atoms with Crippen molar-refractivity contribution in [2.24, 2.45) is 17.3 Å². The van der Waals surface area contributed by atoms with E-state index in [0.29, 0.717) is 5.41 Å². The summed E-state index contributed by atoms with van der Waals surface area (Å²) in [4.78, 5) is 0. The van der Waals surface area contributed by atoms with E-state index < -0.39 is 0 Å². The summed E-state index contributed by atoms with van der Waals surface area (Å²) in [5.74, 6) is 2.30. The molecule has 1 rings (SSSR count). The van der Waals surface area contributed by atoms with Gasteiger partial charge in [-0.1, -0.05) is 26.0 Å². The Hall–Kier alpha value is 0.0300. The zero-order valence-corrected chi connectivity index (χ0v) is 8.41. The van der Waals surface area contributed by atoms with Gasteiger partial charge in [-0.15, -0.1) is 11.6 Å². The van der Waals surface area contributed by atoms with E-state index in [0.717, 1.165) is 24.1 Å². The van der Waals surface area contributed by atoms with Crippen molar-refractivity contribution < 1.29 is 0 Å². The lowest BCUT2D eigenvalue weighted by Gasteiger charge is -1.99. The molecule has 1 fully saturated rings. The molecule has 0 aromatic carbocycles. The van der Waals surface area contributed by atoms with Gasteiger partial charge in [-0.2, -0.15) is 0 Å². The highest BCUT2D eigenvalue weighted by molar-refractivity contribution is 6.17. The van der Waals surface area contributed by atoms with E-state index in [1.807, 2.05) is 0 Å². The van der Waals surface area contributed by atoms with Crippen LogP contribution in [0.3, 0.4) is 0 Å². The van der Waals surface area contributed by atoms with Crippen LogP contribution in [0.1, 0.15) is 27.2 Å². The van der Waals surface area contributed by atoms with Crippen LogP contribution in [-0.2, 0) is 0 Å². The Bertz CT molecular complexity index is 170. The topological polar surface area (TPSA) is 0 Å². The fraction of sp³-hybridized carbons (Fsp3) is 0.800. The van der Waals surface area contributed by atoms with E-state index >= 15 is 0 Å². The summed E-state index contributed by atoms with van der Waals surface area (Å²) in [6.45, 7) is 10.7. The largest absolute Gasteiger partial charge is 0.127 e. The zero-order chi connectivity index (χ0) is 8.65. The molecule has 1 aliphatic rings. The van der Waals surface area contributed by atoms with Crippen molar-refractivity contribution >= 4 is 11.6 Å². The van der Waals surface area contributed by atoms with Crippen LogP contribution < -0.4 is 0 Å². The molecule has 0 bridgehead atoms. The Morgan fingerprint density at radius 1 is 1.55 bits per heavy atom. The first-order valence-corrected chi connectivity index (χ1v) is 4.76. The maximum atomic E-state index is 5.70. The minimum Gasteiger partial charge on any atom is -0.127 e. The normalized spacial score (nSPS) is 33.5. The Labute approximate surface area is 74.6 Å². The van der Waals surface area contributed by atoms with Crippen molar-refractivity contribution in [1.29, 1.82) is 0 Å². The molecule has 0 nitrogen and oxygen atoms in total. The van der Waals surface area contributed by atoms with E-state index in [4.69, 9.17) is 11.6 Å². The van der Waals surface area contributed by atoms with Gasteiger partial charge in [-0.25, -0.2) is 0 Å². The SMILES string of the molecule is C=C(C)C1C(CCCl)C1(C)C. The highest BCUT2D eigenvalue weighted by atomic mass is 35.5. The summed E-state index contributed by atoms with van der Waals surface area (Å²) in [5, 5.41) is 0. The van der Waals surface area contributed by atoms with E-state index in [9.17, 15) is 0 Å². The van der Waals surface area contributed by atoms with Gasteiger partial charge in [-0.05, 0) is 30.6 Å². The van der Waals surface area contributed by atoms with Gasteiger partial charge < -0.3 is 0 Å². The Morgan fingerprint density at radius 3 is 2.36 bits per heavy atom. The summed E-state index contributed by atoms with van der Waals surface area (Å²) in [6, 6.07) is 0. The molecule has 0 amide bonds. The Balaban J connectivity index is 2.53. The summed E-state index contributed by atoms with van der Waals surface area (Å²) >= 11 is 5.70. The second-order valence-corrected chi connectivity index (χ2v) is 4.61. The van der Waals surface area contributed by atoms with E-state index in [2.05, 4.69) is 27.4 Å². The fourth-order valence-electron chi connectivity index (χ4n) is 2.38. The Kier molecular flexibility index (Phi) is 2.34. The molecular formula is C10H17Cl. The lowest BCUT2D eigenvalue weighted by atomic mass is 10.1. The third kappa shape index (κ3) is 1.46. The second-order valence-electron chi connectivity index (χ2n) is 4.23. The number of hydrogen-bond donors (Lipinski definition) is 0. The average molecular weight is 173 g/mol. The minimum absolute atomic E-state index is 0.473. The molecule has 0 saturated heterocycles. The van der Waals surface area contributed by atoms with Crippen LogP contribution in [0.5, 0.6) is 0 Å². The van der Waals surface area contributed by atoms with Gasteiger partial charge in [0.2, 0.25) is 0 Å². The molecule has 0 spiro atoms. The second kappa shape index (κ2) is 2.82. The van der Waals surface area contributed by atoms with Crippen molar-refractivity contribution in [3.8, 4) is 0 Å². The van der Waals surface area contributed by atoms with E-state index in [1.54, 1.807) is 0 Å². The summed E-state index contributed by atoms with van der Waals surface area (Å²) in [6.07, 6.45) is 1.14. The van der Waals surface area contributed by atoms with Crippen LogP contribution in [0.15, 0.2) is 12.2 Å². The van der Waals surface area contributed by atoms with Gasteiger partial charge >= 0.3 is 0 Å². The van der Waals surface area contributed by atoms with Gasteiger partial charge in [0.25, 0.3) is 0 Å². The van der Waals surface area contributed by atoms with Crippen molar-refractivity contribution in [3.63, 3.8) is 0 Å². The molecule has 1 heteroatoms. The number of allylic oxidation sites excluding steroid dienone is 1. The first-order valence-electron chi connectivity index (χ1n) is 4.23. The van der Waals surface area contributed by atoms with Crippen molar-refractivity contribution in [2.75, 3.05) is 5.88 Å². The molecule has 0 radical (unpaired) electrons. The molecule has 0 aromatic heterocycles. The first kappa shape index (κ1) is 9.12. The molecule has 1 saturated carbocycles. The van der Waals surface area contributed by atoms with Gasteiger partial charge in [0.1, 0.15) is 0 Å². The van der Waals surface area contributed by atoms with Crippen LogP contribution in [-0.4, -0.2) is 5.88 Å². The third-order valence-electron chi connectivity index (χ3n) is 3.00. The number of alkyl halides is 1. The molecule has 11 heavy (non-hydrogen) atoms. The van der Waals surface area contributed by atoms with Gasteiger partial charge in [0, 0.05) is 5.88 Å². The van der Waals surface area contributed by atoms with Crippen LogP contribution in [0.4, 0.5) is 0 Å². The van der Waals surface area contributed by atoms with Crippen LogP contribution in [0, 0.1) is 17.3 Å². The van der Waals surface area contributed by atoms with Gasteiger partial charge in [0.05, 0.1) is 0 Å². The van der Waals surface area contributed by atoms with Crippen LogP contribution >= 0.6 is 11.6 Å². The molecule has 0 aliphatic heterocycles. The number of halogens is 1. The summed E-state index contributed by atoms with van der Waals surface area (Å²) < 4.78 is 0. The molecule has 2 unspecified atom stereocenters. The van der Waals surface area contributed by atoms with Crippen molar-refractivity contribution in [2.45, 2.75) is 27.2 Å². The summed E-state index contributed by atoms with van der Waals surface area (Å²) in [7, 11) is 0. The lowest BCUT2D eigenvalue weighted by Crippen LogP contribution is -1.91. The molecule has 0 heterocycles. The highest BCUT2D eigenvalue weighted by Gasteiger charge is 2.56. The van der Waals surface area contributed by atoms with Crippen molar-refractivity contribution in [3.05, 3.63) is 12.2 Å². The highest BCUT2D eigenvalue weighted by Crippen LogP contribution is 2.62. The lowest BCUT2D eigenvalue weighted by molar-refractivity contribution is 0.541. The Morgan fingerprint density at radius 2 is 2.09 bits per heavy atom. The fourth-order valence-corrected chi connectivity index (χ4v) is 2.61.